The zero-order valence-corrected chi connectivity index (χ0v) is 18.6. The molecule has 166 valence electrons. The fourth-order valence-corrected chi connectivity index (χ4v) is 6.57. The molecule has 0 radical (unpaired) electrons. The minimum Gasteiger partial charge on any atom is -0.396 e. The number of aromatic nitrogens is 2. The van der Waals surface area contributed by atoms with Gasteiger partial charge in [-0.25, -0.2) is 0 Å². The van der Waals surface area contributed by atoms with Crippen molar-refractivity contribution in [1.82, 2.24) is 19.6 Å². The van der Waals surface area contributed by atoms with Gasteiger partial charge in [0, 0.05) is 62.8 Å². The van der Waals surface area contributed by atoms with Gasteiger partial charge in [0.2, 0.25) is 5.91 Å². The van der Waals surface area contributed by atoms with E-state index in [-0.39, 0.29) is 30.1 Å². The zero-order chi connectivity index (χ0) is 21.0. The van der Waals surface area contributed by atoms with Crippen molar-refractivity contribution in [2.24, 2.45) is 11.8 Å². The van der Waals surface area contributed by atoms with Crippen LogP contribution in [0.25, 0.3) is 0 Å². The first-order valence-corrected chi connectivity index (χ1v) is 11.7. The van der Waals surface area contributed by atoms with E-state index in [4.69, 9.17) is 4.74 Å². The first-order valence-electron chi connectivity index (χ1n) is 11.7. The lowest BCUT2D eigenvalue weighted by Crippen LogP contribution is -2.56. The highest BCUT2D eigenvalue weighted by Gasteiger charge is 2.63. The van der Waals surface area contributed by atoms with Crippen molar-refractivity contribution in [3.8, 4) is 0 Å². The summed E-state index contributed by atoms with van der Waals surface area (Å²) in [4.78, 5) is 17.8. The Morgan fingerprint density at radius 3 is 2.63 bits per heavy atom. The highest BCUT2D eigenvalue weighted by atomic mass is 16.5. The van der Waals surface area contributed by atoms with Gasteiger partial charge in [-0.1, -0.05) is 12.8 Å². The summed E-state index contributed by atoms with van der Waals surface area (Å²) >= 11 is 0. The number of aliphatic hydroxyl groups is 1. The lowest BCUT2D eigenvalue weighted by atomic mass is 9.83. The average molecular weight is 417 g/mol. The summed E-state index contributed by atoms with van der Waals surface area (Å²) in [7, 11) is 0. The van der Waals surface area contributed by atoms with E-state index in [0.717, 1.165) is 24.5 Å². The summed E-state index contributed by atoms with van der Waals surface area (Å²) < 4.78 is 8.54. The van der Waals surface area contributed by atoms with Crippen LogP contribution in [0.1, 0.15) is 49.1 Å². The van der Waals surface area contributed by atoms with Gasteiger partial charge in [0.25, 0.3) is 0 Å². The Morgan fingerprint density at radius 2 is 1.97 bits per heavy atom. The van der Waals surface area contributed by atoms with Crippen LogP contribution in [0.3, 0.4) is 0 Å². The van der Waals surface area contributed by atoms with Crippen LogP contribution >= 0.6 is 0 Å². The molecule has 30 heavy (non-hydrogen) atoms. The van der Waals surface area contributed by atoms with E-state index in [0.29, 0.717) is 38.0 Å². The minimum atomic E-state index is -0.288. The van der Waals surface area contributed by atoms with Crippen molar-refractivity contribution >= 4 is 5.91 Å². The lowest BCUT2D eigenvalue weighted by molar-refractivity contribution is -0.154. The smallest absolute Gasteiger partial charge is 0.224 e. The fourth-order valence-electron chi connectivity index (χ4n) is 6.57. The Bertz CT molecular complexity index is 818. The van der Waals surface area contributed by atoms with Crippen LogP contribution in [0.4, 0.5) is 0 Å². The molecule has 0 aromatic carbocycles. The fraction of sp³-hybridized carbons (Fsp3) is 0.826. The van der Waals surface area contributed by atoms with Gasteiger partial charge in [0.05, 0.1) is 18.3 Å². The molecule has 3 saturated heterocycles. The number of fused-ring (bicyclic) bond motifs is 1. The van der Waals surface area contributed by atoms with Gasteiger partial charge in [-0.2, -0.15) is 5.10 Å². The summed E-state index contributed by atoms with van der Waals surface area (Å²) in [5, 5.41) is 14.7. The van der Waals surface area contributed by atoms with Crippen molar-refractivity contribution in [2.75, 3.05) is 32.8 Å². The van der Waals surface area contributed by atoms with Crippen LogP contribution in [0.5, 0.6) is 0 Å². The molecule has 1 saturated carbocycles. The number of rotatable bonds is 5. The third-order valence-electron chi connectivity index (χ3n) is 8.50. The second kappa shape index (κ2) is 7.61. The molecule has 4 fully saturated rings. The first kappa shape index (κ1) is 20.5. The van der Waals surface area contributed by atoms with E-state index in [9.17, 15) is 9.90 Å². The standard InChI is InChI=1S/C23H36N4O3/c1-15-16(2)24-27(17(15)3)9-8-22(29)26-11-21-19(12-28)20-10-25(18-6-4-5-7-18)13-23(20,14-26)30-21/h18-21,28H,4-14H2,1-3H3/t19-,20+,21+,23-/m0/s1. The van der Waals surface area contributed by atoms with Crippen molar-refractivity contribution in [2.45, 2.75) is 77.2 Å². The summed E-state index contributed by atoms with van der Waals surface area (Å²) in [6.45, 7) is 10.2. The molecule has 7 nitrogen and oxygen atoms in total. The molecular weight excluding hydrogens is 380 g/mol. The van der Waals surface area contributed by atoms with Crippen LogP contribution in [0, 0.1) is 32.6 Å². The van der Waals surface area contributed by atoms with E-state index in [1.807, 2.05) is 16.5 Å². The molecule has 1 amide bonds. The van der Waals surface area contributed by atoms with Gasteiger partial charge < -0.3 is 14.7 Å². The predicted octanol–water partition coefficient (Wildman–Crippen LogP) is 1.66. The Morgan fingerprint density at radius 1 is 1.20 bits per heavy atom. The molecule has 0 unspecified atom stereocenters. The number of morpholine rings is 1. The number of carbonyl (C=O) groups excluding carboxylic acids is 1. The van der Waals surface area contributed by atoms with Gasteiger partial charge in [-0.3, -0.25) is 14.4 Å². The molecule has 3 aliphatic heterocycles. The molecule has 4 aliphatic rings. The second-order valence-corrected chi connectivity index (χ2v) is 10.1. The molecule has 4 atom stereocenters. The number of hydrogen-bond donors (Lipinski definition) is 1. The number of aliphatic hydroxyl groups excluding tert-OH is 1. The van der Waals surface area contributed by atoms with E-state index >= 15 is 0 Å². The zero-order valence-electron chi connectivity index (χ0n) is 18.6. The first-order chi connectivity index (χ1) is 14.4. The van der Waals surface area contributed by atoms with E-state index in [1.54, 1.807) is 0 Å². The Kier molecular flexibility index (Phi) is 5.19. The van der Waals surface area contributed by atoms with Gasteiger partial charge in [-0.05, 0) is 39.2 Å². The number of amides is 1. The summed E-state index contributed by atoms with van der Waals surface area (Å²) in [5.74, 6) is 0.668. The molecule has 7 heteroatoms. The number of likely N-dealkylation sites (tertiary alicyclic amines) is 2. The molecule has 4 heterocycles. The maximum atomic E-state index is 13.2. The molecular formula is C23H36N4O3. The average Bonchev–Trinajstić information content (AvgIpc) is 3.46. The van der Waals surface area contributed by atoms with Crippen molar-refractivity contribution < 1.29 is 14.6 Å². The molecule has 1 N–H and O–H groups in total. The topological polar surface area (TPSA) is 70.8 Å². The third kappa shape index (κ3) is 3.21. The quantitative estimate of drug-likeness (QED) is 0.791. The molecule has 1 aromatic heterocycles. The van der Waals surface area contributed by atoms with Gasteiger partial charge in [-0.15, -0.1) is 0 Å². The minimum absolute atomic E-state index is 0.0284. The summed E-state index contributed by atoms with van der Waals surface area (Å²) in [6.07, 6.45) is 5.64. The largest absolute Gasteiger partial charge is 0.396 e. The molecule has 1 aromatic rings. The predicted molar refractivity (Wildman–Crippen MR) is 113 cm³/mol. The summed E-state index contributed by atoms with van der Waals surface area (Å²) in [5.41, 5.74) is 3.10. The van der Waals surface area contributed by atoms with Gasteiger partial charge in [0.15, 0.2) is 0 Å². The van der Waals surface area contributed by atoms with Gasteiger partial charge in [0.1, 0.15) is 5.60 Å². The highest BCUT2D eigenvalue weighted by Crippen LogP contribution is 2.50. The number of carbonyl (C=O) groups is 1. The van der Waals surface area contributed by atoms with Crippen LogP contribution in [0.15, 0.2) is 0 Å². The monoisotopic (exact) mass is 416 g/mol. The molecule has 1 spiro atoms. The number of nitrogens with zero attached hydrogens (tertiary/aromatic N) is 4. The van der Waals surface area contributed by atoms with Crippen LogP contribution in [-0.2, 0) is 16.1 Å². The summed E-state index contributed by atoms with van der Waals surface area (Å²) in [6, 6.07) is 0.659. The molecule has 5 rings (SSSR count). The molecule has 2 bridgehead atoms. The van der Waals surface area contributed by atoms with Crippen LogP contribution < -0.4 is 0 Å². The number of ether oxygens (including phenoxy) is 1. The van der Waals surface area contributed by atoms with Crippen molar-refractivity contribution in [1.29, 1.82) is 0 Å². The lowest BCUT2D eigenvalue weighted by Gasteiger charge is -2.41. The Balaban J connectivity index is 1.28. The van der Waals surface area contributed by atoms with E-state index in [1.165, 1.54) is 31.2 Å². The number of hydrogen-bond acceptors (Lipinski definition) is 5. The van der Waals surface area contributed by atoms with Crippen molar-refractivity contribution in [3.63, 3.8) is 0 Å². The maximum absolute atomic E-state index is 13.2. The highest BCUT2D eigenvalue weighted by molar-refractivity contribution is 5.76. The van der Waals surface area contributed by atoms with Gasteiger partial charge >= 0.3 is 0 Å². The van der Waals surface area contributed by atoms with E-state index in [2.05, 4.69) is 23.8 Å². The Labute approximate surface area is 179 Å². The number of aryl methyl sites for hydroxylation is 2. The van der Waals surface area contributed by atoms with Crippen molar-refractivity contribution in [3.05, 3.63) is 17.0 Å². The van der Waals surface area contributed by atoms with E-state index < -0.39 is 0 Å². The van der Waals surface area contributed by atoms with Crippen LogP contribution in [0.2, 0.25) is 0 Å². The molecule has 1 aliphatic carbocycles. The maximum Gasteiger partial charge on any atom is 0.224 e. The normalized spacial score (nSPS) is 34.1. The SMILES string of the molecule is Cc1nn(CCC(=O)N2C[C@H]3O[C@]4(C2)CN(C2CCCC2)C[C@@H]4[C@@H]3CO)c(C)c1C. The second-order valence-electron chi connectivity index (χ2n) is 10.1. The Hall–Kier alpha value is -1.44. The van der Waals surface area contributed by atoms with Crippen LogP contribution in [-0.4, -0.2) is 81.1 Å². The third-order valence-corrected chi connectivity index (χ3v) is 8.50.